The Labute approximate surface area is 123 Å². The first-order valence-electron chi connectivity index (χ1n) is 6.68. The summed E-state index contributed by atoms with van der Waals surface area (Å²) < 4.78 is 0. The van der Waals surface area contributed by atoms with E-state index < -0.39 is 11.4 Å². The van der Waals surface area contributed by atoms with E-state index >= 15 is 0 Å². The minimum Gasteiger partial charge on any atom is -0.481 e. The minimum absolute atomic E-state index is 0.0342. The summed E-state index contributed by atoms with van der Waals surface area (Å²) in [6, 6.07) is 9.12. The summed E-state index contributed by atoms with van der Waals surface area (Å²) in [5, 5.41) is 12.4. The van der Waals surface area contributed by atoms with Gasteiger partial charge in [-0.1, -0.05) is 30.3 Å². The zero-order valence-corrected chi connectivity index (χ0v) is 12.3. The van der Waals surface area contributed by atoms with Crippen molar-refractivity contribution >= 4 is 23.6 Å². The molecule has 0 radical (unpaired) electrons. The summed E-state index contributed by atoms with van der Waals surface area (Å²) in [4.78, 5) is 23.7. The second kappa shape index (κ2) is 6.31. The second-order valence-electron chi connectivity index (χ2n) is 5.31. The number of rotatable bonds is 5. The van der Waals surface area contributed by atoms with Gasteiger partial charge in [0.25, 0.3) is 0 Å². The van der Waals surface area contributed by atoms with Crippen molar-refractivity contribution in [2.45, 2.75) is 31.2 Å². The van der Waals surface area contributed by atoms with Crippen LogP contribution in [0.1, 0.15) is 25.3 Å². The second-order valence-corrected chi connectivity index (χ2v) is 6.46. The molecule has 108 valence electrons. The lowest BCUT2D eigenvalue weighted by atomic mass is 9.79. The lowest BCUT2D eigenvalue weighted by Gasteiger charge is -2.25. The Hall–Kier alpha value is -1.49. The third-order valence-corrected chi connectivity index (χ3v) is 4.85. The fraction of sp³-hybridized carbons (Fsp3) is 0.467. The Morgan fingerprint density at radius 3 is 2.65 bits per heavy atom. The van der Waals surface area contributed by atoms with Gasteiger partial charge in [0.2, 0.25) is 5.91 Å². The van der Waals surface area contributed by atoms with Gasteiger partial charge in [0.1, 0.15) is 0 Å². The van der Waals surface area contributed by atoms with Crippen LogP contribution in [0.2, 0.25) is 0 Å². The quantitative estimate of drug-likeness (QED) is 0.872. The Morgan fingerprint density at radius 2 is 2.10 bits per heavy atom. The highest BCUT2D eigenvalue weighted by molar-refractivity contribution is 7.99. The molecular formula is C15H19NO3S. The minimum atomic E-state index is -1.18. The van der Waals surface area contributed by atoms with Crippen LogP contribution in [0.25, 0.3) is 0 Å². The number of hydrogen-bond acceptors (Lipinski definition) is 3. The van der Waals surface area contributed by atoms with Gasteiger partial charge in [-0.2, -0.15) is 11.8 Å². The number of carbonyl (C=O) groups excluding carboxylic acids is 1. The Balaban J connectivity index is 2.09. The summed E-state index contributed by atoms with van der Waals surface area (Å²) in [6.07, 6.45) is 0.930. The maximum atomic E-state index is 12.1. The zero-order chi connectivity index (χ0) is 14.6. The van der Waals surface area contributed by atoms with Crippen molar-refractivity contribution in [2.24, 2.45) is 0 Å². The number of carbonyl (C=O) groups is 2. The van der Waals surface area contributed by atoms with Crippen LogP contribution < -0.4 is 5.32 Å². The number of carboxylic acid groups (broad SMARTS) is 1. The molecule has 2 rings (SSSR count). The molecule has 5 heteroatoms. The van der Waals surface area contributed by atoms with Crippen LogP contribution in [0.3, 0.4) is 0 Å². The summed E-state index contributed by atoms with van der Waals surface area (Å²) in [6.45, 7) is 1.60. The van der Waals surface area contributed by atoms with Crippen molar-refractivity contribution in [3.63, 3.8) is 0 Å². The van der Waals surface area contributed by atoms with Crippen molar-refractivity contribution in [3.05, 3.63) is 35.9 Å². The topological polar surface area (TPSA) is 66.4 Å². The van der Waals surface area contributed by atoms with Crippen LogP contribution in [-0.2, 0) is 15.0 Å². The van der Waals surface area contributed by atoms with E-state index in [0.29, 0.717) is 5.56 Å². The molecule has 0 spiro atoms. The van der Waals surface area contributed by atoms with Gasteiger partial charge in [0.05, 0.1) is 5.41 Å². The van der Waals surface area contributed by atoms with E-state index in [1.165, 1.54) is 0 Å². The van der Waals surface area contributed by atoms with Crippen molar-refractivity contribution in [2.75, 3.05) is 11.5 Å². The monoisotopic (exact) mass is 293 g/mol. The molecule has 1 amide bonds. The van der Waals surface area contributed by atoms with Crippen molar-refractivity contribution in [3.8, 4) is 0 Å². The van der Waals surface area contributed by atoms with Crippen LogP contribution in [0.15, 0.2) is 30.3 Å². The number of hydrogen-bond donors (Lipinski definition) is 2. The average Bonchev–Trinajstić information content (AvgIpc) is 2.92. The molecule has 4 nitrogen and oxygen atoms in total. The van der Waals surface area contributed by atoms with Gasteiger partial charge >= 0.3 is 5.97 Å². The molecule has 2 unspecified atom stereocenters. The largest absolute Gasteiger partial charge is 0.481 e. The van der Waals surface area contributed by atoms with E-state index in [0.717, 1.165) is 17.9 Å². The first-order valence-corrected chi connectivity index (χ1v) is 7.84. The molecule has 2 atom stereocenters. The molecule has 1 heterocycles. The van der Waals surface area contributed by atoms with Crippen molar-refractivity contribution in [1.82, 2.24) is 5.32 Å². The first kappa shape index (κ1) is 14.9. The van der Waals surface area contributed by atoms with Gasteiger partial charge in [-0.3, -0.25) is 9.59 Å². The number of benzene rings is 1. The van der Waals surface area contributed by atoms with E-state index in [9.17, 15) is 14.7 Å². The summed E-state index contributed by atoms with van der Waals surface area (Å²) in [5.74, 6) is 0.812. The van der Waals surface area contributed by atoms with Crippen LogP contribution in [0.4, 0.5) is 0 Å². The normalized spacial score (nSPS) is 21.1. The predicted molar refractivity (Wildman–Crippen MR) is 79.9 cm³/mol. The molecule has 0 saturated carbocycles. The highest BCUT2D eigenvalue weighted by Gasteiger charge is 2.37. The number of aliphatic carboxylic acids is 1. The molecule has 1 aromatic rings. The van der Waals surface area contributed by atoms with E-state index in [4.69, 9.17) is 0 Å². The fourth-order valence-corrected chi connectivity index (χ4v) is 3.51. The molecule has 1 saturated heterocycles. The van der Waals surface area contributed by atoms with Crippen LogP contribution in [-0.4, -0.2) is 34.5 Å². The predicted octanol–water partition coefficient (Wildman–Crippen LogP) is 2.04. The van der Waals surface area contributed by atoms with E-state index in [1.807, 2.05) is 17.8 Å². The van der Waals surface area contributed by atoms with Crippen LogP contribution >= 0.6 is 11.8 Å². The molecular weight excluding hydrogens is 274 g/mol. The SMILES string of the molecule is CC(CC(=O)NC1CCSC1)(C(=O)O)c1ccccc1. The molecule has 1 aromatic carbocycles. The molecule has 0 aromatic heterocycles. The molecule has 1 fully saturated rings. The van der Waals surface area contributed by atoms with Gasteiger partial charge in [-0.05, 0) is 24.7 Å². The standard InChI is InChI=1S/C15H19NO3S/c1-15(14(18)19,11-5-3-2-4-6-11)9-13(17)16-12-7-8-20-10-12/h2-6,12H,7-10H2,1H3,(H,16,17)(H,18,19). The summed E-state index contributed by atoms with van der Waals surface area (Å²) >= 11 is 1.81. The maximum Gasteiger partial charge on any atom is 0.314 e. The third kappa shape index (κ3) is 3.33. The van der Waals surface area contributed by atoms with E-state index in [-0.39, 0.29) is 18.4 Å². The first-order chi connectivity index (χ1) is 9.52. The molecule has 2 N–H and O–H groups in total. The van der Waals surface area contributed by atoms with Crippen LogP contribution in [0.5, 0.6) is 0 Å². The average molecular weight is 293 g/mol. The fourth-order valence-electron chi connectivity index (χ4n) is 2.36. The number of nitrogens with one attached hydrogen (secondary N) is 1. The number of carboxylic acids is 1. The Kier molecular flexibility index (Phi) is 4.70. The maximum absolute atomic E-state index is 12.1. The lowest BCUT2D eigenvalue weighted by molar-refractivity contribution is -0.145. The lowest BCUT2D eigenvalue weighted by Crippen LogP contribution is -2.42. The van der Waals surface area contributed by atoms with Gasteiger partial charge < -0.3 is 10.4 Å². The van der Waals surface area contributed by atoms with Crippen molar-refractivity contribution < 1.29 is 14.7 Å². The van der Waals surface area contributed by atoms with E-state index in [2.05, 4.69) is 5.32 Å². The highest BCUT2D eigenvalue weighted by Crippen LogP contribution is 2.28. The smallest absolute Gasteiger partial charge is 0.314 e. The van der Waals surface area contributed by atoms with Gasteiger partial charge in [-0.15, -0.1) is 0 Å². The van der Waals surface area contributed by atoms with E-state index in [1.54, 1.807) is 31.2 Å². The molecule has 1 aliphatic rings. The summed E-state index contributed by atoms with van der Waals surface area (Å²) in [5.41, 5.74) is -0.527. The number of amides is 1. The Bertz CT molecular complexity index is 485. The van der Waals surface area contributed by atoms with Gasteiger partial charge in [0, 0.05) is 18.2 Å². The molecule has 0 aliphatic carbocycles. The van der Waals surface area contributed by atoms with Gasteiger partial charge in [-0.25, -0.2) is 0 Å². The molecule has 1 aliphatic heterocycles. The Morgan fingerprint density at radius 1 is 1.40 bits per heavy atom. The summed E-state index contributed by atoms with van der Waals surface area (Å²) in [7, 11) is 0. The van der Waals surface area contributed by atoms with Gasteiger partial charge in [0.15, 0.2) is 0 Å². The van der Waals surface area contributed by atoms with Crippen molar-refractivity contribution in [1.29, 1.82) is 0 Å². The number of thioether (sulfide) groups is 1. The van der Waals surface area contributed by atoms with Crippen LogP contribution in [0, 0.1) is 0 Å². The zero-order valence-electron chi connectivity index (χ0n) is 11.5. The third-order valence-electron chi connectivity index (χ3n) is 3.69. The molecule has 0 bridgehead atoms. The molecule has 20 heavy (non-hydrogen) atoms. The highest BCUT2D eigenvalue weighted by atomic mass is 32.2.